The van der Waals surface area contributed by atoms with Gasteiger partial charge in [-0.2, -0.15) is 4.31 Å². The number of hydrogen-bond donors (Lipinski definition) is 0. The highest BCUT2D eigenvalue weighted by Gasteiger charge is 2.52. The number of nitrogens with zero attached hydrogens (tertiary/aromatic N) is 1. The van der Waals surface area contributed by atoms with Crippen LogP contribution in [0.1, 0.15) is 44.6 Å². The maximum absolute atomic E-state index is 12.9. The Morgan fingerprint density at radius 3 is 2.48 bits per heavy atom. The van der Waals surface area contributed by atoms with E-state index in [4.69, 9.17) is 11.6 Å². The van der Waals surface area contributed by atoms with Gasteiger partial charge in [-0.15, -0.1) is 0 Å². The number of hydrogen-bond acceptors (Lipinski definition) is 2. The zero-order chi connectivity index (χ0) is 15.3. The van der Waals surface area contributed by atoms with Crippen LogP contribution >= 0.6 is 11.6 Å². The summed E-state index contributed by atoms with van der Waals surface area (Å²) in [5, 5.41) is 0.565. The summed E-state index contributed by atoms with van der Waals surface area (Å²) in [5.41, 5.74) is 1.36. The van der Waals surface area contributed by atoms with Gasteiger partial charge >= 0.3 is 0 Å². The van der Waals surface area contributed by atoms with E-state index in [1.807, 2.05) is 13.0 Å². The summed E-state index contributed by atoms with van der Waals surface area (Å²) in [4.78, 5) is 0.453. The first-order chi connectivity index (χ1) is 9.89. The Bertz CT molecular complexity index is 703. The average Bonchev–Trinajstić information content (AvgIpc) is 2.59. The molecule has 0 saturated heterocycles. The van der Waals surface area contributed by atoms with Crippen molar-refractivity contribution in [3.63, 3.8) is 0 Å². The predicted octanol–water partition coefficient (Wildman–Crippen LogP) is 4.05. The summed E-state index contributed by atoms with van der Waals surface area (Å²) in [6.45, 7) is 1.97. The van der Waals surface area contributed by atoms with Crippen molar-refractivity contribution < 1.29 is 8.42 Å². The normalized spacial score (nSPS) is 24.7. The van der Waals surface area contributed by atoms with Crippen LogP contribution in [0.3, 0.4) is 0 Å². The molecule has 1 fully saturated rings. The van der Waals surface area contributed by atoms with Crippen LogP contribution in [0.4, 0.5) is 0 Å². The van der Waals surface area contributed by atoms with Crippen molar-refractivity contribution in [2.24, 2.45) is 0 Å². The highest BCUT2D eigenvalue weighted by molar-refractivity contribution is 7.98. The summed E-state index contributed by atoms with van der Waals surface area (Å²) in [7, 11) is -1.71. The molecule has 0 aromatic heterocycles. The van der Waals surface area contributed by atoms with Crippen LogP contribution in [-0.4, -0.2) is 25.3 Å². The lowest BCUT2D eigenvalue weighted by molar-refractivity contribution is 0.200. The van der Waals surface area contributed by atoms with Gasteiger partial charge in [0.15, 0.2) is 0 Å². The van der Waals surface area contributed by atoms with Gasteiger partial charge in [-0.1, -0.05) is 43.0 Å². The molecule has 0 amide bonds. The van der Waals surface area contributed by atoms with Gasteiger partial charge in [0.25, 0.3) is 0 Å². The lowest BCUT2D eigenvalue weighted by atomic mass is 9.76. The third kappa shape index (κ3) is 2.16. The van der Waals surface area contributed by atoms with Gasteiger partial charge in [0, 0.05) is 12.1 Å². The fourth-order valence-electron chi connectivity index (χ4n) is 3.83. The monoisotopic (exact) mass is 325 g/mol. The van der Waals surface area contributed by atoms with Crippen molar-refractivity contribution in [3.8, 4) is 0 Å². The molecular formula is C16H20ClNO2S. The zero-order valence-electron chi connectivity index (χ0n) is 12.4. The molecule has 0 bridgehead atoms. The van der Waals surface area contributed by atoms with Gasteiger partial charge in [-0.3, -0.25) is 0 Å². The molecule has 1 saturated carbocycles. The van der Waals surface area contributed by atoms with Crippen LogP contribution in [0.15, 0.2) is 29.8 Å². The van der Waals surface area contributed by atoms with E-state index >= 15 is 0 Å². The van der Waals surface area contributed by atoms with Crippen LogP contribution < -0.4 is 0 Å². The Kier molecular flexibility index (Phi) is 3.67. The van der Waals surface area contributed by atoms with Crippen LogP contribution in [-0.2, 0) is 10.0 Å². The molecule has 1 heterocycles. The second-order valence-corrected chi connectivity index (χ2v) is 8.37. The first-order valence-corrected chi connectivity index (χ1v) is 9.18. The van der Waals surface area contributed by atoms with Crippen LogP contribution in [0, 0.1) is 0 Å². The molecule has 0 N–H and O–H groups in total. The van der Waals surface area contributed by atoms with E-state index in [9.17, 15) is 8.42 Å². The molecule has 3 rings (SSSR count). The molecule has 114 valence electrons. The first kappa shape index (κ1) is 15.1. The number of sulfonamides is 1. The fraction of sp³-hybridized carbons (Fsp3) is 0.500. The second kappa shape index (κ2) is 5.11. The molecule has 0 radical (unpaired) electrons. The van der Waals surface area contributed by atoms with Crippen LogP contribution in [0.5, 0.6) is 0 Å². The predicted molar refractivity (Wildman–Crippen MR) is 86.5 cm³/mol. The summed E-state index contributed by atoms with van der Waals surface area (Å²) in [6, 6.07) is 7.15. The van der Waals surface area contributed by atoms with E-state index in [2.05, 4.69) is 0 Å². The number of benzene rings is 1. The quantitative estimate of drug-likeness (QED) is 0.781. The number of likely N-dealkylation sites (N-methyl/N-ethyl adjacent to an activating group) is 1. The van der Waals surface area contributed by atoms with E-state index in [0.29, 0.717) is 15.5 Å². The van der Waals surface area contributed by atoms with Crippen molar-refractivity contribution in [2.45, 2.75) is 44.6 Å². The van der Waals surface area contributed by atoms with Crippen molar-refractivity contribution in [2.75, 3.05) is 7.05 Å². The molecule has 5 heteroatoms. The zero-order valence-corrected chi connectivity index (χ0v) is 14.0. The van der Waals surface area contributed by atoms with Crippen LogP contribution in [0.2, 0.25) is 5.02 Å². The highest BCUT2D eigenvalue weighted by atomic mass is 35.5. The Labute approximate surface area is 131 Å². The molecule has 1 aromatic carbocycles. The molecular weight excluding hydrogens is 306 g/mol. The molecule has 2 aliphatic rings. The Balaban J connectivity index is 2.21. The smallest absolute Gasteiger partial charge is 0.207 e. The average molecular weight is 326 g/mol. The summed E-state index contributed by atoms with van der Waals surface area (Å²) >= 11 is 6.05. The summed E-state index contributed by atoms with van der Waals surface area (Å²) in [6.07, 6.45) is 5.19. The van der Waals surface area contributed by atoms with Crippen molar-refractivity contribution in [1.82, 2.24) is 4.31 Å². The summed E-state index contributed by atoms with van der Waals surface area (Å²) in [5.74, 6) is 0. The molecule has 0 unspecified atom stereocenters. The first-order valence-electron chi connectivity index (χ1n) is 7.36. The fourth-order valence-corrected chi connectivity index (χ4v) is 6.08. The molecule has 1 spiro atoms. The molecule has 1 aliphatic carbocycles. The molecule has 1 aliphatic heterocycles. The van der Waals surface area contributed by atoms with Gasteiger partial charge in [0.2, 0.25) is 10.0 Å². The third-order valence-electron chi connectivity index (χ3n) is 5.03. The Morgan fingerprint density at radius 2 is 1.86 bits per heavy atom. The van der Waals surface area contributed by atoms with Gasteiger partial charge in [-0.05, 0) is 43.0 Å². The number of rotatable bonds is 1. The van der Waals surface area contributed by atoms with Crippen LogP contribution in [0.25, 0.3) is 4.91 Å². The lowest BCUT2D eigenvalue weighted by Crippen LogP contribution is -2.46. The maximum Gasteiger partial charge on any atom is 0.244 e. The summed E-state index contributed by atoms with van der Waals surface area (Å²) < 4.78 is 27.4. The van der Waals surface area contributed by atoms with E-state index in [-0.39, 0.29) is 5.54 Å². The minimum Gasteiger partial charge on any atom is -0.207 e. The highest BCUT2D eigenvalue weighted by Crippen LogP contribution is 2.50. The minimum absolute atomic E-state index is 0.325. The Hall–Kier alpha value is -0.840. The SMILES string of the molecule is CC1=C(c2cccc(Cl)c2)S(=O)(=O)N(C)C12CCCCC2. The molecule has 3 nitrogen and oxygen atoms in total. The van der Waals surface area contributed by atoms with E-state index in [1.165, 1.54) is 6.42 Å². The van der Waals surface area contributed by atoms with E-state index in [1.54, 1.807) is 29.6 Å². The lowest BCUT2D eigenvalue weighted by Gasteiger charge is -2.39. The molecule has 0 atom stereocenters. The van der Waals surface area contributed by atoms with Gasteiger partial charge in [-0.25, -0.2) is 8.42 Å². The minimum atomic E-state index is -3.44. The number of halogens is 1. The standard InChI is InChI=1S/C16H20ClNO2S/c1-12-15(13-7-6-8-14(17)11-13)21(19,20)18(2)16(12)9-4-3-5-10-16/h6-8,11H,3-5,9-10H2,1-2H3. The molecule has 1 aromatic rings. The van der Waals surface area contributed by atoms with Crippen molar-refractivity contribution in [1.29, 1.82) is 0 Å². The molecule has 21 heavy (non-hydrogen) atoms. The van der Waals surface area contributed by atoms with Gasteiger partial charge < -0.3 is 0 Å². The maximum atomic E-state index is 12.9. The van der Waals surface area contributed by atoms with E-state index in [0.717, 1.165) is 31.3 Å². The van der Waals surface area contributed by atoms with Gasteiger partial charge in [0.1, 0.15) is 0 Å². The van der Waals surface area contributed by atoms with Crippen molar-refractivity contribution in [3.05, 3.63) is 40.4 Å². The Morgan fingerprint density at radius 1 is 1.19 bits per heavy atom. The largest absolute Gasteiger partial charge is 0.244 e. The third-order valence-corrected chi connectivity index (χ3v) is 7.39. The van der Waals surface area contributed by atoms with E-state index < -0.39 is 10.0 Å². The topological polar surface area (TPSA) is 37.4 Å². The van der Waals surface area contributed by atoms with Gasteiger partial charge in [0.05, 0.1) is 10.4 Å². The second-order valence-electron chi connectivity index (χ2n) is 6.03. The van der Waals surface area contributed by atoms with Crippen molar-refractivity contribution >= 4 is 26.5 Å².